The molecule has 0 bridgehead atoms. The molecular weight excluding hydrogens is 362 g/mol. The summed E-state index contributed by atoms with van der Waals surface area (Å²) in [5, 5.41) is 19.9. The van der Waals surface area contributed by atoms with E-state index in [1.54, 1.807) is 6.07 Å². The van der Waals surface area contributed by atoms with Gasteiger partial charge in [0.2, 0.25) is 5.88 Å². The minimum absolute atomic E-state index is 0.0903. The zero-order chi connectivity index (χ0) is 20.3. The van der Waals surface area contributed by atoms with Crippen molar-refractivity contribution in [2.45, 2.75) is 44.9 Å². The van der Waals surface area contributed by atoms with E-state index in [-0.39, 0.29) is 17.2 Å². The summed E-state index contributed by atoms with van der Waals surface area (Å²) in [6.07, 6.45) is 4.86. The van der Waals surface area contributed by atoms with Gasteiger partial charge >= 0.3 is 0 Å². The maximum Gasteiger partial charge on any atom is 0.205 e. The minimum atomic E-state index is -1.00. The summed E-state index contributed by atoms with van der Waals surface area (Å²) < 4.78 is 32.8. The van der Waals surface area contributed by atoms with Crippen molar-refractivity contribution < 1.29 is 18.6 Å². The van der Waals surface area contributed by atoms with Gasteiger partial charge in [-0.05, 0) is 42.2 Å². The van der Waals surface area contributed by atoms with Crippen LogP contribution in [-0.4, -0.2) is 5.11 Å². The van der Waals surface area contributed by atoms with Gasteiger partial charge in [-0.25, -0.2) is 8.78 Å². The Labute approximate surface area is 162 Å². The number of nitriles is 1. The van der Waals surface area contributed by atoms with Crippen molar-refractivity contribution >= 4 is 0 Å². The Morgan fingerprint density at radius 1 is 1.14 bits per heavy atom. The molecule has 0 aliphatic carbocycles. The molecule has 1 aliphatic heterocycles. The van der Waals surface area contributed by atoms with Crippen LogP contribution in [0.4, 0.5) is 8.78 Å². The van der Waals surface area contributed by atoms with Crippen molar-refractivity contribution in [3.63, 3.8) is 0 Å². The molecule has 0 saturated heterocycles. The molecule has 0 fully saturated rings. The molecule has 0 radical (unpaired) electrons. The molecule has 0 saturated carbocycles. The minimum Gasteiger partial charge on any atom is -0.508 e. The Hall–Kier alpha value is -3.07. The van der Waals surface area contributed by atoms with Crippen molar-refractivity contribution in [1.82, 2.24) is 0 Å². The first-order valence-electron chi connectivity index (χ1n) is 9.34. The smallest absolute Gasteiger partial charge is 0.205 e. The standard InChI is InChI=1S/C22H22F2N2O2/c1-2-3-4-5-6-13-9-15-20(11-19(13)27)28-22(26)16(12-25)21(15)14-7-8-17(23)18(24)10-14/h7-11,21,27H,2-6,26H2,1H3. The largest absolute Gasteiger partial charge is 0.508 e. The van der Waals surface area contributed by atoms with Crippen LogP contribution in [0.2, 0.25) is 0 Å². The highest BCUT2D eigenvalue weighted by molar-refractivity contribution is 5.59. The number of fused-ring (bicyclic) bond motifs is 1. The number of rotatable bonds is 6. The van der Waals surface area contributed by atoms with Crippen molar-refractivity contribution in [2.75, 3.05) is 0 Å². The number of hydrogen-bond donors (Lipinski definition) is 2. The van der Waals surface area contributed by atoms with Crippen LogP contribution in [-0.2, 0) is 6.42 Å². The lowest BCUT2D eigenvalue weighted by atomic mass is 9.82. The molecule has 6 heteroatoms. The van der Waals surface area contributed by atoms with Crippen LogP contribution in [0.3, 0.4) is 0 Å². The van der Waals surface area contributed by atoms with Crippen LogP contribution in [0.25, 0.3) is 0 Å². The molecule has 0 aromatic heterocycles. The third-order valence-electron chi connectivity index (χ3n) is 4.99. The predicted octanol–water partition coefficient (Wildman–Crippen LogP) is 5.01. The highest BCUT2D eigenvalue weighted by Crippen LogP contribution is 2.44. The molecule has 3 N–H and O–H groups in total. The number of phenolic OH excluding ortho intramolecular Hbond substituents is 1. The van der Waals surface area contributed by atoms with Gasteiger partial charge in [0.05, 0.1) is 5.92 Å². The van der Waals surface area contributed by atoms with Crippen molar-refractivity contribution in [2.24, 2.45) is 5.73 Å². The van der Waals surface area contributed by atoms with E-state index >= 15 is 0 Å². The zero-order valence-corrected chi connectivity index (χ0v) is 15.6. The van der Waals surface area contributed by atoms with Crippen LogP contribution >= 0.6 is 0 Å². The second-order valence-corrected chi connectivity index (χ2v) is 6.93. The summed E-state index contributed by atoms with van der Waals surface area (Å²) in [5.74, 6) is -2.37. The molecule has 4 nitrogen and oxygen atoms in total. The van der Waals surface area contributed by atoms with Crippen LogP contribution in [0.1, 0.15) is 55.2 Å². The molecule has 0 spiro atoms. The quantitative estimate of drug-likeness (QED) is 0.686. The van der Waals surface area contributed by atoms with E-state index in [0.29, 0.717) is 23.3 Å². The van der Waals surface area contributed by atoms with Gasteiger partial charge in [-0.3, -0.25) is 0 Å². The average molecular weight is 384 g/mol. The van der Waals surface area contributed by atoms with Gasteiger partial charge in [-0.2, -0.15) is 5.26 Å². The number of aryl methyl sites for hydroxylation is 1. The number of aromatic hydroxyl groups is 1. The van der Waals surface area contributed by atoms with Crippen LogP contribution in [0.5, 0.6) is 11.5 Å². The number of hydrogen-bond acceptors (Lipinski definition) is 4. The first-order valence-corrected chi connectivity index (χ1v) is 9.34. The van der Waals surface area contributed by atoms with E-state index in [1.807, 2.05) is 6.07 Å². The molecule has 146 valence electrons. The molecule has 1 aliphatic rings. The summed E-state index contributed by atoms with van der Waals surface area (Å²) in [6.45, 7) is 2.13. The predicted molar refractivity (Wildman–Crippen MR) is 102 cm³/mol. The zero-order valence-electron chi connectivity index (χ0n) is 15.6. The fourth-order valence-electron chi connectivity index (χ4n) is 3.52. The lowest BCUT2D eigenvalue weighted by Gasteiger charge is -2.27. The monoisotopic (exact) mass is 384 g/mol. The van der Waals surface area contributed by atoms with E-state index in [1.165, 1.54) is 12.1 Å². The molecule has 28 heavy (non-hydrogen) atoms. The van der Waals surface area contributed by atoms with Gasteiger partial charge in [0, 0.05) is 11.6 Å². The molecule has 2 aromatic rings. The maximum absolute atomic E-state index is 13.8. The second-order valence-electron chi connectivity index (χ2n) is 6.93. The molecule has 1 atom stereocenters. The van der Waals surface area contributed by atoms with Crippen molar-refractivity contribution in [3.8, 4) is 17.6 Å². The first-order chi connectivity index (χ1) is 13.5. The number of phenols is 1. The van der Waals surface area contributed by atoms with Gasteiger partial charge in [0.25, 0.3) is 0 Å². The SMILES string of the molecule is CCCCCCc1cc2c(cc1O)OC(N)=C(C#N)C2c1ccc(F)c(F)c1. The van der Waals surface area contributed by atoms with E-state index in [2.05, 4.69) is 6.92 Å². The maximum atomic E-state index is 13.8. The van der Waals surface area contributed by atoms with E-state index in [0.717, 1.165) is 43.4 Å². The Balaban J connectivity index is 2.06. The van der Waals surface area contributed by atoms with Crippen molar-refractivity contribution in [1.29, 1.82) is 5.26 Å². The fourth-order valence-corrected chi connectivity index (χ4v) is 3.52. The van der Waals surface area contributed by atoms with Gasteiger partial charge in [-0.15, -0.1) is 0 Å². The topological polar surface area (TPSA) is 79.3 Å². The van der Waals surface area contributed by atoms with E-state index in [9.17, 15) is 19.1 Å². The average Bonchev–Trinajstić information content (AvgIpc) is 2.67. The highest BCUT2D eigenvalue weighted by atomic mass is 19.2. The molecular formula is C22H22F2N2O2. The molecule has 1 heterocycles. The third-order valence-corrected chi connectivity index (χ3v) is 4.99. The van der Waals surface area contributed by atoms with Gasteiger partial charge in [0.1, 0.15) is 23.1 Å². The number of nitrogens with two attached hydrogens (primary N) is 1. The third kappa shape index (κ3) is 3.79. The van der Waals surface area contributed by atoms with E-state index in [4.69, 9.17) is 10.5 Å². The summed E-state index contributed by atoms with van der Waals surface area (Å²) in [6, 6.07) is 8.78. The normalized spacial score (nSPS) is 15.7. The second kappa shape index (κ2) is 8.30. The van der Waals surface area contributed by atoms with Gasteiger partial charge in [0.15, 0.2) is 11.6 Å². The number of allylic oxidation sites excluding steroid dienone is 1. The number of ether oxygens (including phenoxy) is 1. The summed E-state index contributed by atoms with van der Waals surface area (Å²) >= 11 is 0. The molecule has 2 aromatic carbocycles. The van der Waals surface area contributed by atoms with Crippen LogP contribution < -0.4 is 10.5 Å². The lowest BCUT2D eigenvalue weighted by molar-refractivity contribution is 0.386. The van der Waals surface area contributed by atoms with Crippen LogP contribution in [0, 0.1) is 23.0 Å². The Bertz CT molecular complexity index is 964. The Morgan fingerprint density at radius 3 is 2.61 bits per heavy atom. The molecule has 1 unspecified atom stereocenters. The number of nitrogens with zero attached hydrogens (tertiary/aromatic N) is 1. The lowest BCUT2D eigenvalue weighted by Crippen LogP contribution is -2.21. The number of unbranched alkanes of at least 4 members (excludes halogenated alkanes) is 3. The summed E-state index contributed by atoms with van der Waals surface area (Å²) in [5.41, 5.74) is 7.73. The fraction of sp³-hybridized carbons (Fsp3) is 0.318. The summed E-state index contributed by atoms with van der Waals surface area (Å²) in [7, 11) is 0. The van der Waals surface area contributed by atoms with Crippen LogP contribution in [0.15, 0.2) is 41.8 Å². The first kappa shape index (κ1) is 19.7. The number of halogens is 2. The summed E-state index contributed by atoms with van der Waals surface area (Å²) in [4.78, 5) is 0. The molecule has 0 amide bonds. The van der Waals surface area contributed by atoms with Crippen molar-refractivity contribution in [3.05, 3.63) is 70.1 Å². The number of benzene rings is 2. The Morgan fingerprint density at radius 2 is 1.93 bits per heavy atom. The highest BCUT2D eigenvalue weighted by Gasteiger charge is 2.32. The van der Waals surface area contributed by atoms with Gasteiger partial charge < -0.3 is 15.6 Å². The van der Waals surface area contributed by atoms with Gasteiger partial charge in [-0.1, -0.05) is 32.3 Å². The Kier molecular flexibility index (Phi) is 5.84. The van der Waals surface area contributed by atoms with E-state index < -0.39 is 17.6 Å². The molecule has 3 rings (SSSR count).